The largest absolute Gasteiger partial charge is 0.0661 e. The van der Waals surface area contributed by atoms with Crippen molar-refractivity contribution in [3.63, 3.8) is 0 Å². The second-order valence-electron chi connectivity index (χ2n) is 8.93. The predicted octanol–water partition coefficient (Wildman–Crippen LogP) is 7.74. The Morgan fingerprint density at radius 2 is 1.54 bits per heavy atom. The third kappa shape index (κ3) is 3.92. The summed E-state index contributed by atoms with van der Waals surface area (Å²) in [4.78, 5) is 0. The molecule has 1 unspecified atom stereocenters. The Bertz CT molecular complexity index is 948. The van der Waals surface area contributed by atoms with Crippen molar-refractivity contribution >= 4 is 17.2 Å². The van der Waals surface area contributed by atoms with Gasteiger partial charge in [-0.3, -0.25) is 0 Å². The van der Waals surface area contributed by atoms with E-state index in [2.05, 4.69) is 88.4 Å². The Hall–Kier alpha value is -2.34. The molecule has 0 heterocycles. The zero-order chi connectivity index (χ0) is 19.7. The number of hydrogen-bond donors (Lipinski definition) is 0. The van der Waals surface area contributed by atoms with Gasteiger partial charge in [-0.05, 0) is 76.5 Å². The average molecular weight is 369 g/mol. The van der Waals surface area contributed by atoms with Crippen LogP contribution in [0.5, 0.6) is 0 Å². The van der Waals surface area contributed by atoms with E-state index in [1.165, 1.54) is 51.0 Å². The summed E-state index contributed by atoms with van der Waals surface area (Å²) in [5.74, 6) is 1.46. The van der Waals surface area contributed by atoms with Crippen LogP contribution in [-0.4, -0.2) is 0 Å². The summed E-state index contributed by atoms with van der Waals surface area (Å²) in [6.45, 7) is 9.25. The van der Waals surface area contributed by atoms with Gasteiger partial charge in [0.15, 0.2) is 0 Å². The van der Waals surface area contributed by atoms with E-state index in [1.54, 1.807) is 0 Å². The fraction of sp³-hybridized carbons (Fsp3) is 0.357. The smallest absolute Gasteiger partial charge is 0.00136 e. The van der Waals surface area contributed by atoms with Crippen molar-refractivity contribution in [2.24, 2.45) is 11.8 Å². The van der Waals surface area contributed by atoms with Crippen LogP contribution in [0.2, 0.25) is 0 Å². The Morgan fingerprint density at radius 3 is 2.18 bits per heavy atom. The lowest BCUT2D eigenvalue weighted by atomic mass is 9.90. The van der Waals surface area contributed by atoms with E-state index in [4.69, 9.17) is 0 Å². The third-order valence-corrected chi connectivity index (χ3v) is 6.63. The minimum absolute atomic E-state index is 0.729. The van der Waals surface area contributed by atoms with Gasteiger partial charge in [0.2, 0.25) is 0 Å². The molecule has 0 radical (unpaired) electrons. The molecule has 4 rings (SSSR count). The molecule has 2 aromatic carbocycles. The quantitative estimate of drug-likeness (QED) is 0.489. The van der Waals surface area contributed by atoms with Crippen LogP contribution in [0.25, 0.3) is 17.2 Å². The summed E-state index contributed by atoms with van der Waals surface area (Å²) in [6, 6.07) is 16.3. The molecular weight excluding hydrogens is 336 g/mol. The summed E-state index contributed by atoms with van der Waals surface area (Å²) < 4.78 is 0. The molecule has 1 atom stereocenters. The Labute approximate surface area is 170 Å². The van der Waals surface area contributed by atoms with Gasteiger partial charge in [0.05, 0.1) is 0 Å². The Kier molecular flexibility index (Phi) is 5.40. The molecule has 0 heteroatoms. The van der Waals surface area contributed by atoms with Crippen molar-refractivity contribution in [2.75, 3.05) is 0 Å². The average Bonchev–Trinajstić information content (AvgIpc) is 3.34. The third-order valence-electron chi connectivity index (χ3n) is 6.63. The lowest BCUT2D eigenvalue weighted by Crippen LogP contribution is -2.07. The topological polar surface area (TPSA) is 0 Å². The number of allylic oxidation sites excluding steroid dienone is 5. The first kappa shape index (κ1) is 19.0. The second kappa shape index (κ2) is 7.95. The Balaban J connectivity index is 1.46. The lowest BCUT2D eigenvalue weighted by molar-refractivity contribution is 0.417. The highest BCUT2D eigenvalue weighted by molar-refractivity contribution is 5.89. The molecule has 2 aliphatic rings. The van der Waals surface area contributed by atoms with Crippen LogP contribution < -0.4 is 0 Å². The monoisotopic (exact) mass is 368 g/mol. The minimum Gasteiger partial charge on any atom is -0.0661 e. The van der Waals surface area contributed by atoms with Gasteiger partial charge in [-0.1, -0.05) is 94.0 Å². The summed E-state index contributed by atoms with van der Waals surface area (Å²) in [5, 5.41) is 0. The molecule has 0 nitrogen and oxygen atoms in total. The van der Waals surface area contributed by atoms with Crippen molar-refractivity contribution in [1.82, 2.24) is 0 Å². The van der Waals surface area contributed by atoms with Gasteiger partial charge in [-0.2, -0.15) is 0 Å². The van der Waals surface area contributed by atoms with Gasteiger partial charge >= 0.3 is 0 Å². The van der Waals surface area contributed by atoms with Crippen molar-refractivity contribution in [2.45, 2.75) is 53.4 Å². The lowest BCUT2D eigenvalue weighted by Gasteiger charge is -2.16. The molecule has 0 aromatic heterocycles. The highest BCUT2D eigenvalue weighted by atomic mass is 14.2. The van der Waals surface area contributed by atoms with E-state index in [9.17, 15) is 0 Å². The van der Waals surface area contributed by atoms with Crippen molar-refractivity contribution in [3.8, 4) is 0 Å². The molecule has 144 valence electrons. The maximum Gasteiger partial charge on any atom is -0.00136 e. The fourth-order valence-electron chi connectivity index (χ4n) is 4.24. The molecule has 0 bridgehead atoms. The predicted molar refractivity (Wildman–Crippen MR) is 123 cm³/mol. The standard InChI is InChI=1S/C28H32/c1-5-21-6-8-25(15-21)23-10-12-24(13-11-23)28-17-26-9-7-22(16-27(26)18-28)14-20(4)19(2)3/h6-13,16-17,19-20H,5,14-15,18H2,1-4H3. The molecule has 0 spiro atoms. The van der Waals surface area contributed by atoms with Gasteiger partial charge in [-0.25, -0.2) is 0 Å². The van der Waals surface area contributed by atoms with E-state index in [1.807, 2.05) is 0 Å². The maximum absolute atomic E-state index is 2.44. The van der Waals surface area contributed by atoms with Crippen LogP contribution in [0.3, 0.4) is 0 Å². The molecule has 0 amide bonds. The second-order valence-corrected chi connectivity index (χ2v) is 8.93. The molecule has 0 N–H and O–H groups in total. The van der Waals surface area contributed by atoms with Crippen molar-refractivity contribution in [3.05, 3.63) is 88.0 Å². The summed E-state index contributed by atoms with van der Waals surface area (Å²) >= 11 is 0. The van der Waals surface area contributed by atoms with Crippen LogP contribution in [0.1, 0.15) is 68.4 Å². The number of hydrogen-bond acceptors (Lipinski definition) is 0. The van der Waals surface area contributed by atoms with E-state index in [-0.39, 0.29) is 0 Å². The number of benzene rings is 2. The van der Waals surface area contributed by atoms with E-state index < -0.39 is 0 Å². The van der Waals surface area contributed by atoms with Gasteiger partial charge in [0.1, 0.15) is 0 Å². The first-order valence-electron chi connectivity index (χ1n) is 10.8. The van der Waals surface area contributed by atoms with Gasteiger partial charge < -0.3 is 0 Å². The SMILES string of the molecule is CCC1=CC=C(c2ccc(C3=Cc4ccc(CC(C)C(C)C)cc4C3)cc2)C1. The molecule has 0 aliphatic heterocycles. The van der Waals surface area contributed by atoms with Crippen molar-refractivity contribution in [1.29, 1.82) is 0 Å². The summed E-state index contributed by atoms with van der Waals surface area (Å²) in [7, 11) is 0. The van der Waals surface area contributed by atoms with E-state index in [0.717, 1.165) is 31.1 Å². The molecule has 0 saturated carbocycles. The summed E-state index contributed by atoms with van der Waals surface area (Å²) in [5.41, 5.74) is 11.5. The zero-order valence-corrected chi connectivity index (χ0v) is 17.8. The van der Waals surface area contributed by atoms with Gasteiger partial charge in [-0.15, -0.1) is 0 Å². The minimum atomic E-state index is 0.729. The summed E-state index contributed by atoms with van der Waals surface area (Å²) in [6.07, 6.45) is 11.5. The normalized spacial score (nSPS) is 16.7. The number of fused-ring (bicyclic) bond motifs is 1. The maximum atomic E-state index is 2.44. The number of rotatable bonds is 6. The molecule has 28 heavy (non-hydrogen) atoms. The first-order chi connectivity index (χ1) is 13.5. The fourth-order valence-corrected chi connectivity index (χ4v) is 4.24. The van der Waals surface area contributed by atoms with Crippen LogP contribution in [0.4, 0.5) is 0 Å². The van der Waals surface area contributed by atoms with Crippen molar-refractivity contribution < 1.29 is 0 Å². The van der Waals surface area contributed by atoms with Crippen LogP contribution >= 0.6 is 0 Å². The molecule has 0 fully saturated rings. The molecule has 2 aliphatic carbocycles. The van der Waals surface area contributed by atoms with Crippen LogP contribution in [0.15, 0.2) is 60.2 Å². The highest BCUT2D eigenvalue weighted by Gasteiger charge is 2.16. The van der Waals surface area contributed by atoms with Gasteiger partial charge in [0, 0.05) is 0 Å². The first-order valence-corrected chi connectivity index (χ1v) is 10.8. The Morgan fingerprint density at radius 1 is 0.821 bits per heavy atom. The van der Waals surface area contributed by atoms with Gasteiger partial charge in [0.25, 0.3) is 0 Å². The van der Waals surface area contributed by atoms with Crippen LogP contribution in [-0.2, 0) is 12.8 Å². The molecular formula is C28H32. The molecule has 0 saturated heterocycles. The van der Waals surface area contributed by atoms with Crippen LogP contribution in [0, 0.1) is 11.8 Å². The van der Waals surface area contributed by atoms with E-state index in [0.29, 0.717) is 0 Å². The molecule has 2 aromatic rings. The van der Waals surface area contributed by atoms with E-state index >= 15 is 0 Å². The zero-order valence-electron chi connectivity index (χ0n) is 17.8. The highest BCUT2D eigenvalue weighted by Crippen LogP contribution is 2.35.